The van der Waals surface area contributed by atoms with Crippen molar-refractivity contribution in [2.24, 2.45) is 0 Å². The van der Waals surface area contributed by atoms with Crippen LogP contribution in [0.4, 0.5) is 10.1 Å². The lowest BCUT2D eigenvalue weighted by Crippen LogP contribution is -2.52. The van der Waals surface area contributed by atoms with Crippen molar-refractivity contribution in [1.29, 1.82) is 0 Å². The first-order valence-corrected chi connectivity index (χ1v) is 8.56. The number of halogens is 1. The van der Waals surface area contributed by atoms with Crippen LogP contribution in [-0.4, -0.2) is 43.1 Å². The van der Waals surface area contributed by atoms with Crippen molar-refractivity contribution in [1.82, 2.24) is 4.90 Å². The highest BCUT2D eigenvalue weighted by Crippen LogP contribution is 2.21. The van der Waals surface area contributed by atoms with E-state index >= 15 is 0 Å². The van der Waals surface area contributed by atoms with Gasteiger partial charge in [-0.05, 0) is 43.7 Å². The van der Waals surface area contributed by atoms with E-state index in [9.17, 15) is 9.18 Å². The molecule has 1 heterocycles. The number of aryl methyl sites for hydroxylation is 1. The lowest BCUT2D eigenvalue weighted by atomic mass is 10.2. The Morgan fingerprint density at radius 2 is 1.80 bits per heavy atom. The second kappa shape index (κ2) is 7.55. The van der Waals surface area contributed by atoms with Crippen LogP contribution in [0, 0.1) is 12.7 Å². The monoisotopic (exact) mass is 342 g/mol. The molecule has 25 heavy (non-hydrogen) atoms. The average Bonchev–Trinajstić information content (AvgIpc) is 2.62. The van der Waals surface area contributed by atoms with Crippen LogP contribution in [0.3, 0.4) is 0 Å². The van der Waals surface area contributed by atoms with E-state index in [0.717, 1.165) is 5.56 Å². The standard InChI is InChI=1S/C20H23FN2O2/c1-15-6-5-7-17(14-15)25-16(2)20(24)23-12-10-22(11-13-23)19-9-4-3-8-18(19)21/h3-9,14,16H,10-13H2,1-2H3/t16-/m1/s1. The Labute approximate surface area is 147 Å². The fourth-order valence-electron chi connectivity index (χ4n) is 3.08. The Bertz CT molecular complexity index is 742. The summed E-state index contributed by atoms with van der Waals surface area (Å²) in [6.45, 7) is 6.12. The molecule has 4 nitrogen and oxygen atoms in total. The molecule has 0 spiro atoms. The van der Waals surface area contributed by atoms with E-state index < -0.39 is 6.10 Å². The summed E-state index contributed by atoms with van der Waals surface area (Å²) in [6, 6.07) is 14.4. The van der Waals surface area contributed by atoms with Crippen LogP contribution in [0.25, 0.3) is 0 Å². The van der Waals surface area contributed by atoms with Gasteiger partial charge in [0.25, 0.3) is 5.91 Å². The Hall–Kier alpha value is -2.56. The summed E-state index contributed by atoms with van der Waals surface area (Å²) >= 11 is 0. The summed E-state index contributed by atoms with van der Waals surface area (Å²) in [6.07, 6.45) is -0.540. The Morgan fingerprint density at radius 3 is 2.48 bits per heavy atom. The summed E-state index contributed by atoms with van der Waals surface area (Å²) in [4.78, 5) is 16.4. The maximum Gasteiger partial charge on any atom is 0.263 e. The minimum Gasteiger partial charge on any atom is -0.481 e. The smallest absolute Gasteiger partial charge is 0.263 e. The number of carbonyl (C=O) groups is 1. The van der Waals surface area contributed by atoms with E-state index in [1.54, 1.807) is 24.0 Å². The Kier molecular flexibility index (Phi) is 5.22. The van der Waals surface area contributed by atoms with Crippen LogP contribution >= 0.6 is 0 Å². The molecule has 5 heteroatoms. The molecule has 1 atom stereocenters. The van der Waals surface area contributed by atoms with Gasteiger partial charge in [0.05, 0.1) is 5.69 Å². The summed E-state index contributed by atoms with van der Waals surface area (Å²) in [5.41, 5.74) is 1.69. The summed E-state index contributed by atoms with van der Waals surface area (Å²) in [5.74, 6) is 0.443. The number of benzene rings is 2. The Balaban J connectivity index is 1.57. The predicted molar refractivity (Wildman–Crippen MR) is 96.5 cm³/mol. The molecule has 1 amide bonds. The predicted octanol–water partition coefficient (Wildman–Crippen LogP) is 3.25. The van der Waals surface area contributed by atoms with Crippen molar-refractivity contribution < 1.29 is 13.9 Å². The molecular formula is C20H23FN2O2. The summed E-state index contributed by atoms with van der Waals surface area (Å²) < 4.78 is 19.7. The molecule has 0 bridgehead atoms. The van der Waals surface area contributed by atoms with Gasteiger partial charge < -0.3 is 14.5 Å². The van der Waals surface area contributed by atoms with Crippen molar-refractivity contribution in [3.05, 3.63) is 59.9 Å². The van der Waals surface area contributed by atoms with Gasteiger partial charge in [-0.15, -0.1) is 0 Å². The quantitative estimate of drug-likeness (QED) is 0.855. The van der Waals surface area contributed by atoms with E-state index in [1.165, 1.54) is 6.07 Å². The molecule has 0 aromatic heterocycles. The molecule has 0 radical (unpaired) electrons. The van der Waals surface area contributed by atoms with E-state index in [0.29, 0.717) is 37.6 Å². The lowest BCUT2D eigenvalue weighted by Gasteiger charge is -2.37. The SMILES string of the molecule is Cc1cccc(O[C@H](C)C(=O)N2CCN(c3ccccc3F)CC2)c1. The average molecular weight is 342 g/mol. The maximum absolute atomic E-state index is 13.9. The first-order chi connectivity index (χ1) is 12.0. The fraction of sp³-hybridized carbons (Fsp3) is 0.350. The molecule has 0 saturated carbocycles. The van der Waals surface area contributed by atoms with Crippen molar-refractivity contribution in [2.45, 2.75) is 20.0 Å². The highest BCUT2D eigenvalue weighted by atomic mass is 19.1. The van der Waals surface area contributed by atoms with Crippen LogP contribution in [0.15, 0.2) is 48.5 Å². The van der Waals surface area contributed by atoms with E-state index in [-0.39, 0.29) is 11.7 Å². The van der Waals surface area contributed by atoms with Crippen LogP contribution in [0.5, 0.6) is 5.75 Å². The number of hydrogen-bond acceptors (Lipinski definition) is 3. The maximum atomic E-state index is 13.9. The number of ether oxygens (including phenoxy) is 1. The molecule has 132 valence electrons. The third-order valence-corrected chi connectivity index (χ3v) is 4.43. The van der Waals surface area contributed by atoms with Crippen LogP contribution < -0.4 is 9.64 Å². The highest BCUT2D eigenvalue weighted by Gasteiger charge is 2.26. The molecule has 0 unspecified atom stereocenters. The largest absolute Gasteiger partial charge is 0.481 e. The van der Waals surface area contributed by atoms with Gasteiger partial charge in [-0.1, -0.05) is 24.3 Å². The van der Waals surface area contributed by atoms with E-state index in [2.05, 4.69) is 0 Å². The topological polar surface area (TPSA) is 32.8 Å². The second-order valence-electron chi connectivity index (χ2n) is 6.34. The zero-order chi connectivity index (χ0) is 17.8. The van der Waals surface area contributed by atoms with Gasteiger partial charge in [0.1, 0.15) is 11.6 Å². The lowest BCUT2D eigenvalue weighted by molar-refractivity contribution is -0.138. The van der Waals surface area contributed by atoms with Gasteiger partial charge in [0.15, 0.2) is 6.10 Å². The number of carbonyl (C=O) groups excluding carboxylic acids is 1. The van der Waals surface area contributed by atoms with Crippen molar-refractivity contribution in [2.75, 3.05) is 31.1 Å². The van der Waals surface area contributed by atoms with Gasteiger partial charge >= 0.3 is 0 Å². The molecule has 2 aromatic carbocycles. The van der Waals surface area contributed by atoms with Gasteiger partial charge in [0.2, 0.25) is 0 Å². The van der Waals surface area contributed by atoms with Gasteiger partial charge in [-0.2, -0.15) is 0 Å². The van der Waals surface area contributed by atoms with Crippen LogP contribution in [0.2, 0.25) is 0 Å². The number of amides is 1. The van der Waals surface area contributed by atoms with Gasteiger partial charge in [0, 0.05) is 26.2 Å². The van der Waals surface area contributed by atoms with Crippen LogP contribution in [-0.2, 0) is 4.79 Å². The first kappa shape index (κ1) is 17.3. The third kappa shape index (κ3) is 4.10. The van der Waals surface area contributed by atoms with E-state index in [4.69, 9.17) is 4.74 Å². The van der Waals surface area contributed by atoms with Crippen molar-refractivity contribution >= 4 is 11.6 Å². The number of anilines is 1. The van der Waals surface area contributed by atoms with Crippen molar-refractivity contribution in [3.8, 4) is 5.75 Å². The fourth-order valence-corrected chi connectivity index (χ4v) is 3.08. The molecule has 2 aromatic rings. The van der Waals surface area contributed by atoms with Gasteiger partial charge in [-0.25, -0.2) is 4.39 Å². The van der Waals surface area contributed by atoms with Gasteiger partial charge in [-0.3, -0.25) is 4.79 Å². The molecule has 0 aliphatic carbocycles. The number of piperazine rings is 1. The first-order valence-electron chi connectivity index (χ1n) is 8.56. The van der Waals surface area contributed by atoms with Crippen LogP contribution in [0.1, 0.15) is 12.5 Å². The zero-order valence-electron chi connectivity index (χ0n) is 14.6. The molecule has 3 rings (SSSR count). The molecule has 1 fully saturated rings. The van der Waals surface area contributed by atoms with Crippen molar-refractivity contribution in [3.63, 3.8) is 0 Å². The number of rotatable bonds is 4. The van der Waals surface area contributed by atoms with E-state index in [1.807, 2.05) is 42.2 Å². The highest BCUT2D eigenvalue weighted by molar-refractivity contribution is 5.81. The summed E-state index contributed by atoms with van der Waals surface area (Å²) in [5, 5.41) is 0. The second-order valence-corrected chi connectivity index (χ2v) is 6.34. The number of hydrogen-bond donors (Lipinski definition) is 0. The normalized spacial score (nSPS) is 15.8. The molecule has 1 saturated heterocycles. The molecule has 1 aliphatic rings. The third-order valence-electron chi connectivity index (χ3n) is 4.43. The molecule has 0 N–H and O–H groups in total. The number of nitrogens with zero attached hydrogens (tertiary/aromatic N) is 2. The summed E-state index contributed by atoms with van der Waals surface area (Å²) in [7, 11) is 0. The number of para-hydroxylation sites is 1. The zero-order valence-corrected chi connectivity index (χ0v) is 14.6. The molecule has 1 aliphatic heterocycles. The Morgan fingerprint density at radius 1 is 1.08 bits per heavy atom. The minimum absolute atomic E-state index is 0.0327. The molecular weight excluding hydrogens is 319 g/mol. The minimum atomic E-state index is -0.540.